The number of nitrogens with one attached hydrogen (secondary N) is 1. The number of fused-ring (bicyclic) bond motifs is 1. The van der Waals surface area contributed by atoms with Crippen molar-refractivity contribution >= 4 is 32.6 Å². The number of sulfonamides is 1. The van der Waals surface area contributed by atoms with Crippen LogP contribution in [0.5, 0.6) is 0 Å². The molecule has 4 aromatic heterocycles. The zero-order valence-electron chi connectivity index (χ0n) is 17.3. The van der Waals surface area contributed by atoms with Gasteiger partial charge < -0.3 is 5.73 Å². The third-order valence-corrected chi connectivity index (χ3v) is 6.53. The van der Waals surface area contributed by atoms with E-state index < -0.39 is 10.0 Å². The molecule has 0 unspecified atom stereocenters. The number of rotatable bonds is 5. The van der Waals surface area contributed by atoms with Gasteiger partial charge in [0.25, 0.3) is 10.0 Å². The van der Waals surface area contributed by atoms with Gasteiger partial charge in [0.05, 0.1) is 5.52 Å². The highest BCUT2D eigenvalue weighted by atomic mass is 32.2. The smallest absolute Gasteiger partial charge is 0.266 e. The van der Waals surface area contributed by atoms with Gasteiger partial charge in [0, 0.05) is 41.9 Å². The summed E-state index contributed by atoms with van der Waals surface area (Å²) in [5.41, 5.74) is 10.1. The van der Waals surface area contributed by atoms with Crippen molar-refractivity contribution in [2.75, 3.05) is 10.5 Å². The summed E-state index contributed by atoms with van der Waals surface area (Å²) >= 11 is 0. The predicted octanol–water partition coefficient (Wildman–Crippen LogP) is 4.14. The van der Waals surface area contributed by atoms with E-state index >= 15 is 0 Å². The number of nitrogen functional groups attached to an aromatic ring is 1. The first kappa shape index (κ1) is 20.5. The normalized spacial score (nSPS) is 11.4. The minimum absolute atomic E-state index is 0.0953. The van der Waals surface area contributed by atoms with E-state index in [0.717, 1.165) is 27.6 Å². The molecule has 0 amide bonds. The Bertz CT molecular complexity index is 1560. The van der Waals surface area contributed by atoms with Gasteiger partial charge in [-0.2, -0.15) is 0 Å². The lowest BCUT2D eigenvalue weighted by atomic mass is 9.98. The highest BCUT2D eigenvalue weighted by molar-refractivity contribution is 7.92. The van der Waals surface area contributed by atoms with Gasteiger partial charge in [0.2, 0.25) is 0 Å². The van der Waals surface area contributed by atoms with Crippen LogP contribution >= 0.6 is 0 Å². The van der Waals surface area contributed by atoms with Crippen molar-refractivity contribution in [3.05, 3.63) is 91.6 Å². The van der Waals surface area contributed by atoms with Crippen molar-refractivity contribution < 1.29 is 8.42 Å². The fourth-order valence-electron chi connectivity index (χ4n) is 3.55. The Hall–Kier alpha value is -4.37. The highest BCUT2D eigenvalue weighted by Gasteiger charge is 2.20. The Morgan fingerprint density at radius 2 is 1.61 bits per heavy atom. The van der Waals surface area contributed by atoms with E-state index in [1.165, 1.54) is 12.3 Å². The number of hydrogen-bond donors (Lipinski definition) is 2. The second kappa shape index (κ2) is 8.29. The van der Waals surface area contributed by atoms with Crippen LogP contribution in [0, 0.1) is 0 Å². The summed E-state index contributed by atoms with van der Waals surface area (Å²) in [6.45, 7) is 0. The molecule has 0 saturated carbocycles. The number of anilines is 2. The van der Waals surface area contributed by atoms with Crippen LogP contribution in [0.4, 0.5) is 11.6 Å². The molecule has 0 bridgehead atoms. The minimum Gasteiger partial charge on any atom is -0.383 e. The van der Waals surface area contributed by atoms with E-state index in [0.29, 0.717) is 5.56 Å². The van der Waals surface area contributed by atoms with E-state index in [-0.39, 0.29) is 16.5 Å². The second-order valence-corrected chi connectivity index (χ2v) is 8.90. The lowest BCUT2D eigenvalue weighted by Crippen LogP contribution is -2.16. The molecule has 8 nitrogen and oxygen atoms in total. The maximum absolute atomic E-state index is 13.0. The SMILES string of the molecule is Nc1ncc(-c2ccc3nccc(-c4ccncc4)c3c2)cc1S(=O)(=O)Nc1ccccn1. The van der Waals surface area contributed by atoms with E-state index in [4.69, 9.17) is 5.73 Å². The van der Waals surface area contributed by atoms with Gasteiger partial charge in [-0.1, -0.05) is 12.1 Å². The summed E-state index contributed by atoms with van der Waals surface area (Å²) in [5, 5.41) is 0.925. The first-order valence-corrected chi connectivity index (χ1v) is 11.5. The maximum atomic E-state index is 13.0. The number of pyridine rings is 4. The van der Waals surface area contributed by atoms with Crippen molar-refractivity contribution in [2.24, 2.45) is 0 Å². The average molecular weight is 455 g/mol. The average Bonchev–Trinajstić information content (AvgIpc) is 2.84. The van der Waals surface area contributed by atoms with Gasteiger partial charge in [-0.05, 0) is 65.2 Å². The van der Waals surface area contributed by atoms with Crippen LogP contribution in [0.3, 0.4) is 0 Å². The second-order valence-electron chi connectivity index (χ2n) is 7.25. The number of hydrogen-bond acceptors (Lipinski definition) is 7. The van der Waals surface area contributed by atoms with Crippen molar-refractivity contribution in [1.29, 1.82) is 0 Å². The van der Waals surface area contributed by atoms with Crippen LogP contribution in [-0.2, 0) is 10.0 Å². The Labute approximate surface area is 190 Å². The molecular weight excluding hydrogens is 436 g/mol. The Morgan fingerprint density at radius 1 is 0.758 bits per heavy atom. The molecule has 33 heavy (non-hydrogen) atoms. The third-order valence-electron chi connectivity index (χ3n) is 5.14. The Morgan fingerprint density at radius 3 is 2.39 bits per heavy atom. The van der Waals surface area contributed by atoms with Crippen molar-refractivity contribution in [1.82, 2.24) is 19.9 Å². The van der Waals surface area contributed by atoms with Crippen LogP contribution in [-0.4, -0.2) is 28.4 Å². The molecule has 0 aliphatic heterocycles. The molecule has 5 aromatic rings. The molecule has 0 fully saturated rings. The number of nitrogens with zero attached hydrogens (tertiary/aromatic N) is 4. The van der Waals surface area contributed by atoms with Gasteiger partial charge in [0.1, 0.15) is 16.5 Å². The Kier molecular flexibility index (Phi) is 5.15. The van der Waals surface area contributed by atoms with Gasteiger partial charge in [-0.25, -0.2) is 18.4 Å². The quantitative estimate of drug-likeness (QED) is 0.409. The molecule has 4 heterocycles. The molecule has 0 saturated heterocycles. The van der Waals surface area contributed by atoms with Crippen molar-refractivity contribution in [3.8, 4) is 22.3 Å². The lowest BCUT2D eigenvalue weighted by molar-refractivity contribution is 0.601. The van der Waals surface area contributed by atoms with E-state index in [2.05, 4.69) is 24.7 Å². The van der Waals surface area contributed by atoms with Crippen molar-refractivity contribution in [2.45, 2.75) is 4.90 Å². The molecule has 5 rings (SSSR count). The van der Waals surface area contributed by atoms with E-state index in [9.17, 15) is 8.42 Å². The summed E-state index contributed by atoms with van der Waals surface area (Å²) in [6.07, 6.45) is 8.29. The van der Waals surface area contributed by atoms with Crippen LogP contribution in [0.25, 0.3) is 33.2 Å². The largest absolute Gasteiger partial charge is 0.383 e. The van der Waals surface area contributed by atoms with Gasteiger partial charge in [-0.3, -0.25) is 14.7 Å². The zero-order valence-corrected chi connectivity index (χ0v) is 18.1. The molecule has 162 valence electrons. The summed E-state index contributed by atoms with van der Waals surface area (Å²) in [6, 6.07) is 18.0. The third kappa shape index (κ3) is 4.09. The maximum Gasteiger partial charge on any atom is 0.266 e. The van der Waals surface area contributed by atoms with Gasteiger partial charge in [-0.15, -0.1) is 0 Å². The highest BCUT2D eigenvalue weighted by Crippen LogP contribution is 2.32. The molecule has 9 heteroatoms. The van der Waals surface area contributed by atoms with E-state index in [1.807, 2.05) is 36.4 Å². The first-order chi connectivity index (χ1) is 16.0. The summed E-state index contributed by atoms with van der Waals surface area (Å²) in [7, 11) is -3.99. The van der Waals surface area contributed by atoms with Crippen LogP contribution in [0.1, 0.15) is 0 Å². The molecule has 0 aliphatic rings. The molecule has 0 spiro atoms. The van der Waals surface area contributed by atoms with Crippen LogP contribution in [0.15, 0.2) is 96.5 Å². The zero-order chi connectivity index (χ0) is 22.8. The summed E-state index contributed by atoms with van der Waals surface area (Å²) in [4.78, 5) is 16.6. The van der Waals surface area contributed by atoms with E-state index in [1.54, 1.807) is 43.0 Å². The van der Waals surface area contributed by atoms with Crippen LogP contribution < -0.4 is 10.5 Å². The lowest BCUT2D eigenvalue weighted by Gasteiger charge is -2.12. The predicted molar refractivity (Wildman–Crippen MR) is 128 cm³/mol. The number of benzene rings is 1. The molecular formula is C24H18N6O2S. The Balaban J connectivity index is 1.60. The topological polar surface area (TPSA) is 124 Å². The van der Waals surface area contributed by atoms with Crippen LogP contribution in [0.2, 0.25) is 0 Å². The fourth-order valence-corrected chi connectivity index (χ4v) is 4.67. The summed E-state index contributed by atoms with van der Waals surface area (Å²) in [5.74, 6) is 0.100. The molecule has 0 atom stereocenters. The summed E-state index contributed by atoms with van der Waals surface area (Å²) < 4.78 is 28.4. The molecule has 1 aromatic carbocycles. The molecule has 3 N–H and O–H groups in total. The van der Waals surface area contributed by atoms with Gasteiger partial charge in [0.15, 0.2) is 0 Å². The number of nitrogens with two attached hydrogens (primary N) is 1. The van der Waals surface area contributed by atoms with Gasteiger partial charge >= 0.3 is 0 Å². The minimum atomic E-state index is -3.99. The first-order valence-electron chi connectivity index (χ1n) is 10.0. The molecule has 0 aliphatic carbocycles. The van der Waals surface area contributed by atoms with Crippen molar-refractivity contribution in [3.63, 3.8) is 0 Å². The standard InChI is InChI=1S/C24H18N6O2S/c25-24-22(33(31,32)30-23-3-1-2-9-28-23)14-18(15-29-24)17-4-5-21-20(13-17)19(8-12-27-21)16-6-10-26-11-7-16/h1-15H,(H2,25,29)(H,28,30). The molecule has 0 radical (unpaired) electrons. The number of aromatic nitrogens is 4. The fraction of sp³-hybridized carbons (Fsp3) is 0. The monoisotopic (exact) mass is 454 g/mol.